The zero-order valence-corrected chi connectivity index (χ0v) is 9.56. The third kappa shape index (κ3) is 3.22. The Labute approximate surface area is 94.1 Å². The summed E-state index contributed by atoms with van der Waals surface area (Å²) in [6.07, 6.45) is 0.135. The zero-order chi connectivity index (χ0) is 12.1. The maximum Gasteiger partial charge on any atom is 0.307 e. The molecule has 1 aliphatic rings. The van der Waals surface area contributed by atoms with Gasteiger partial charge in [0.15, 0.2) is 0 Å². The Morgan fingerprint density at radius 2 is 2.00 bits per heavy atom. The minimum Gasteiger partial charge on any atom is -0.466 e. The summed E-state index contributed by atoms with van der Waals surface area (Å²) in [4.78, 5) is 36.7. The standard InChI is InChI=1S/C10H16N2O4/c1-3-16-10(15)4-5-12-7-8(13)11(2)6-9(12)14/h3-7H2,1-2H3. The van der Waals surface area contributed by atoms with Crippen molar-refractivity contribution < 1.29 is 19.1 Å². The van der Waals surface area contributed by atoms with Crippen molar-refractivity contribution in [2.75, 3.05) is 33.3 Å². The summed E-state index contributed by atoms with van der Waals surface area (Å²) in [6.45, 7) is 2.44. The van der Waals surface area contributed by atoms with Crippen molar-refractivity contribution in [1.29, 1.82) is 0 Å². The Balaban J connectivity index is 2.39. The number of hydrogen-bond donors (Lipinski definition) is 0. The van der Waals surface area contributed by atoms with Crippen LogP contribution in [0.25, 0.3) is 0 Å². The minimum absolute atomic E-state index is 0.0503. The molecule has 1 aliphatic heterocycles. The van der Waals surface area contributed by atoms with Gasteiger partial charge in [-0.25, -0.2) is 0 Å². The average Bonchev–Trinajstić information content (AvgIpc) is 2.22. The molecule has 0 atom stereocenters. The third-order valence-corrected chi connectivity index (χ3v) is 2.37. The fourth-order valence-electron chi connectivity index (χ4n) is 1.43. The second-order valence-electron chi connectivity index (χ2n) is 3.62. The van der Waals surface area contributed by atoms with E-state index in [1.807, 2.05) is 0 Å². The molecule has 0 spiro atoms. The van der Waals surface area contributed by atoms with Crippen LogP contribution in [-0.4, -0.2) is 60.9 Å². The topological polar surface area (TPSA) is 66.9 Å². The van der Waals surface area contributed by atoms with Gasteiger partial charge in [0.2, 0.25) is 11.8 Å². The van der Waals surface area contributed by atoms with Gasteiger partial charge < -0.3 is 14.5 Å². The molecule has 0 aromatic heterocycles. The Kier molecular flexibility index (Phi) is 4.28. The van der Waals surface area contributed by atoms with Crippen LogP contribution in [0.3, 0.4) is 0 Å². The first-order chi connectivity index (χ1) is 7.54. The molecule has 90 valence electrons. The monoisotopic (exact) mass is 228 g/mol. The molecule has 1 saturated heterocycles. The van der Waals surface area contributed by atoms with E-state index in [9.17, 15) is 14.4 Å². The van der Waals surface area contributed by atoms with E-state index in [4.69, 9.17) is 4.74 Å². The molecule has 1 fully saturated rings. The number of rotatable bonds is 4. The quantitative estimate of drug-likeness (QED) is 0.593. The fourth-order valence-corrected chi connectivity index (χ4v) is 1.43. The average molecular weight is 228 g/mol. The first kappa shape index (κ1) is 12.5. The highest BCUT2D eigenvalue weighted by Crippen LogP contribution is 2.03. The molecule has 0 saturated carbocycles. The van der Waals surface area contributed by atoms with Crippen LogP contribution in [0.4, 0.5) is 0 Å². The number of amides is 2. The van der Waals surface area contributed by atoms with E-state index in [1.165, 1.54) is 9.80 Å². The summed E-state index contributed by atoms with van der Waals surface area (Å²) >= 11 is 0. The van der Waals surface area contributed by atoms with Gasteiger partial charge in [-0.1, -0.05) is 0 Å². The predicted octanol–water partition coefficient (Wildman–Crippen LogP) is -0.760. The first-order valence-corrected chi connectivity index (χ1v) is 5.22. The van der Waals surface area contributed by atoms with E-state index in [0.717, 1.165) is 0 Å². The highest BCUT2D eigenvalue weighted by atomic mass is 16.5. The summed E-state index contributed by atoms with van der Waals surface area (Å²) in [5.41, 5.74) is 0. The number of ether oxygens (including phenoxy) is 1. The van der Waals surface area contributed by atoms with Gasteiger partial charge in [0.1, 0.15) is 0 Å². The molecule has 0 aromatic carbocycles. The van der Waals surface area contributed by atoms with E-state index >= 15 is 0 Å². The van der Waals surface area contributed by atoms with Crippen LogP contribution in [0, 0.1) is 0 Å². The summed E-state index contributed by atoms with van der Waals surface area (Å²) in [7, 11) is 1.59. The van der Waals surface area contributed by atoms with Crippen molar-refractivity contribution >= 4 is 17.8 Å². The molecule has 16 heavy (non-hydrogen) atoms. The molecule has 0 radical (unpaired) electrons. The zero-order valence-electron chi connectivity index (χ0n) is 9.56. The highest BCUT2D eigenvalue weighted by molar-refractivity contribution is 5.92. The molecule has 0 aromatic rings. The van der Waals surface area contributed by atoms with E-state index in [2.05, 4.69) is 0 Å². The Morgan fingerprint density at radius 3 is 2.62 bits per heavy atom. The number of carbonyl (C=O) groups is 3. The van der Waals surface area contributed by atoms with Gasteiger partial charge in [0.05, 0.1) is 26.1 Å². The largest absolute Gasteiger partial charge is 0.466 e. The lowest BCUT2D eigenvalue weighted by Gasteiger charge is -2.31. The summed E-state index contributed by atoms with van der Waals surface area (Å²) < 4.78 is 4.74. The lowest BCUT2D eigenvalue weighted by molar-refractivity contribution is -0.150. The SMILES string of the molecule is CCOC(=O)CCN1CC(=O)N(C)CC1=O. The Hall–Kier alpha value is -1.59. The van der Waals surface area contributed by atoms with Gasteiger partial charge in [-0.05, 0) is 6.92 Å². The lowest BCUT2D eigenvalue weighted by atomic mass is 10.3. The van der Waals surface area contributed by atoms with Gasteiger partial charge in [0, 0.05) is 13.6 Å². The van der Waals surface area contributed by atoms with Gasteiger partial charge >= 0.3 is 5.97 Å². The lowest BCUT2D eigenvalue weighted by Crippen LogP contribution is -2.52. The fraction of sp³-hybridized carbons (Fsp3) is 0.700. The van der Waals surface area contributed by atoms with Crippen LogP contribution >= 0.6 is 0 Å². The van der Waals surface area contributed by atoms with Crippen LogP contribution in [0.2, 0.25) is 0 Å². The van der Waals surface area contributed by atoms with Crippen molar-refractivity contribution in [3.05, 3.63) is 0 Å². The van der Waals surface area contributed by atoms with E-state index in [0.29, 0.717) is 6.61 Å². The van der Waals surface area contributed by atoms with Crippen LogP contribution < -0.4 is 0 Å². The van der Waals surface area contributed by atoms with E-state index in [-0.39, 0.29) is 43.8 Å². The van der Waals surface area contributed by atoms with Crippen molar-refractivity contribution in [3.8, 4) is 0 Å². The summed E-state index contributed by atoms with van der Waals surface area (Å²) in [5.74, 6) is -0.587. The van der Waals surface area contributed by atoms with Crippen LogP contribution in [-0.2, 0) is 19.1 Å². The van der Waals surface area contributed by atoms with Gasteiger partial charge in [0.25, 0.3) is 0 Å². The molecule has 1 heterocycles. The minimum atomic E-state index is -0.346. The van der Waals surface area contributed by atoms with Crippen LogP contribution in [0.1, 0.15) is 13.3 Å². The number of likely N-dealkylation sites (N-methyl/N-ethyl adjacent to an activating group) is 1. The molecular formula is C10H16N2O4. The normalized spacial score (nSPS) is 16.6. The maximum absolute atomic E-state index is 11.5. The molecule has 0 aliphatic carbocycles. The second kappa shape index (κ2) is 5.48. The molecule has 0 unspecified atom stereocenters. The van der Waals surface area contributed by atoms with E-state index < -0.39 is 0 Å². The molecule has 6 heteroatoms. The summed E-state index contributed by atoms with van der Waals surface area (Å²) in [5, 5.41) is 0. The number of carbonyl (C=O) groups excluding carboxylic acids is 3. The molecule has 2 amide bonds. The molecule has 6 nitrogen and oxygen atoms in total. The Bertz CT molecular complexity index is 303. The van der Waals surface area contributed by atoms with Gasteiger partial charge in [-0.15, -0.1) is 0 Å². The predicted molar refractivity (Wildman–Crippen MR) is 55.5 cm³/mol. The van der Waals surface area contributed by atoms with Crippen molar-refractivity contribution in [1.82, 2.24) is 9.80 Å². The molecule has 1 rings (SSSR count). The second-order valence-corrected chi connectivity index (χ2v) is 3.62. The first-order valence-electron chi connectivity index (χ1n) is 5.22. The van der Waals surface area contributed by atoms with Crippen molar-refractivity contribution in [2.45, 2.75) is 13.3 Å². The van der Waals surface area contributed by atoms with E-state index in [1.54, 1.807) is 14.0 Å². The molecular weight excluding hydrogens is 212 g/mol. The van der Waals surface area contributed by atoms with Crippen molar-refractivity contribution in [2.24, 2.45) is 0 Å². The number of piperazine rings is 1. The smallest absolute Gasteiger partial charge is 0.307 e. The highest BCUT2D eigenvalue weighted by Gasteiger charge is 2.27. The number of nitrogens with zero attached hydrogens (tertiary/aromatic N) is 2. The van der Waals surface area contributed by atoms with Crippen LogP contribution in [0.15, 0.2) is 0 Å². The maximum atomic E-state index is 11.5. The van der Waals surface area contributed by atoms with Crippen molar-refractivity contribution in [3.63, 3.8) is 0 Å². The van der Waals surface area contributed by atoms with Gasteiger partial charge in [-0.2, -0.15) is 0 Å². The third-order valence-electron chi connectivity index (χ3n) is 2.37. The number of esters is 1. The summed E-state index contributed by atoms with van der Waals surface area (Å²) in [6, 6.07) is 0. The molecule has 0 bridgehead atoms. The van der Waals surface area contributed by atoms with Gasteiger partial charge in [-0.3, -0.25) is 14.4 Å². The van der Waals surface area contributed by atoms with Crippen LogP contribution in [0.5, 0.6) is 0 Å². The molecule has 0 N–H and O–H groups in total. The Morgan fingerprint density at radius 1 is 1.31 bits per heavy atom. The number of hydrogen-bond acceptors (Lipinski definition) is 4.